The van der Waals surface area contributed by atoms with E-state index < -0.39 is 0 Å². The summed E-state index contributed by atoms with van der Waals surface area (Å²) in [6.45, 7) is 8.82. The third-order valence-electron chi connectivity index (χ3n) is 6.69. The first-order chi connectivity index (χ1) is 18.4. The quantitative estimate of drug-likeness (QED) is 0.188. The standard InChI is InChI=1S/C31H47N3O4/c1-4-6-7-8-9-13-17-30(36)32-24-26-18-19-28(35)29(23-26)38-21-14-20-34(5-2)25(3)22-31(37)33-27-15-11-10-12-16-27/h10-12,15-16,18-19,23,25,35H,4-9,13-14,17,20-22,24H2,1-3H3,(H,32,36)(H,33,37). The Bertz CT molecular complexity index is 951. The smallest absolute Gasteiger partial charge is 0.225 e. The van der Waals surface area contributed by atoms with Gasteiger partial charge in [0.1, 0.15) is 0 Å². The Morgan fingerprint density at radius 3 is 2.42 bits per heavy atom. The first-order valence-electron chi connectivity index (χ1n) is 14.2. The van der Waals surface area contributed by atoms with Crippen LogP contribution in [0.4, 0.5) is 5.69 Å². The highest BCUT2D eigenvalue weighted by Crippen LogP contribution is 2.27. The summed E-state index contributed by atoms with van der Waals surface area (Å²) in [5, 5.41) is 16.1. The van der Waals surface area contributed by atoms with Gasteiger partial charge in [0.15, 0.2) is 11.5 Å². The molecule has 0 aliphatic rings. The number of phenolic OH excluding ortho intramolecular Hbond substituents is 1. The molecule has 2 amide bonds. The molecule has 0 aliphatic carbocycles. The molecule has 1 unspecified atom stereocenters. The van der Waals surface area contributed by atoms with Crippen LogP contribution in [-0.4, -0.2) is 47.6 Å². The number of nitrogens with zero attached hydrogens (tertiary/aromatic N) is 1. The Kier molecular flexibility index (Phi) is 15.0. The lowest BCUT2D eigenvalue weighted by atomic mass is 10.1. The number of carbonyl (C=O) groups excluding carboxylic acids is 2. The van der Waals surface area contributed by atoms with E-state index in [1.165, 1.54) is 25.7 Å². The molecule has 0 saturated carbocycles. The van der Waals surface area contributed by atoms with Gasteiger partial charge in [0, 0.05) is 37.7 Å². The van der Waals surface area contributed by atoms with Crippen LogP contribution in [0.1, 0.15) is 84.1 Å². The Labute approximate surface area is 229 Å². The number of nitrogens with one attached hydrogen (secondary N) is 2. The molecular weight excluding hydrogens is 478 g/mol. The number of amides is 2. The van der Waals surface area contributed by atoms with Crippen molar-refractivity contribution in [1.82, 2.24) is 10.2 Å². The fourth-order valence-corrected chi connectivity index (χ4v) is 4.41. The Hall–Kier alpha value is -3.06. The van der Waals surface area contributed by atoms with Gasteiger partial charge < -0.3 is 25.4 Å². The highest BCUT2D eigenvalue weighted by Gasteiger charge is 2.16. The van der Waals surface area contributed by atoms with Gasteiger partial charge in [-0.05, 0) is 56.1 Å². The summed E-state index contributed by atoms with van der Waals surface area (Å²) in [5.74, 6) is 0.568. The third kappa shape index (κ3) is 12.5. The molecule has 0 bridgehead atoms. The van der Waals surface area contributed by atoms with E-state index in [-0.39, 0.29) is 23.6 Å². The lowest BCUT2D eigenvalue weighted by Crippen LogP contribution is -2.37. The SMILES string of the molecule is CCCCCCCCC(=O)NCc1ccc(O)c(OCCCN(CC)C(C)CC(=O)Nc2ccccc2)c1. The molecule has 0 fully saturated rings. The van der Waals surface area contributed by atoms with E-state index in [2.05, 4.69) is 36.3 Å². The number of ether oxygens (including phenoxy) is 1. The molecule has 7 nitrogen and oxygen atoms in total. The maximum Gasteiger partial charge on any atom is 0.225 e. The van der Waals surface area contributed by atoms with Gasteiger partial charge in [-0.25, -0.2) is 0 Å². The highest BCUT2D eigenvalue weighted by molar-refractivity contribution is 5.91. The lowest BCUT2D eigenvalue weighted by Gasteiger charge is -2.27. The molecule has 0 saturated heterocycles. The average Bonchev–Trinajstić information content (AvgIpc) is 2.91. The second-order valence-corrected chi connectivity index (χ2v) is 9.89. The second-order valence-electron chi connectivity index (χ2n) is 9.89. The number of rotatable bonds is 19. The molecule has 0 aliphatic heterocycles. The van der Waals surface area contributed by atoms with Crippen LogP contribution in [0.2, 0.25) is 0 Å². The Morgan fingerprint density at radius 1 is 0.947 bits per heavy atom. The molecule has 0 aromatic heterocycles. The second kappa shape index (κ2) is 18.2. The van der Waals surface area contributed by atoms with Crippen LogP contribution >= 0.6 is 0 Å². The van der Waals surface area contributed by atoms with E-state index in [1.807, 2.05) is 30.3 Å². The van der Waals surface area contributed by atoms with Gasteiger partial charge in [0.05, 0.1) is 6.61 Å². The summed E-state index contributed by atoms with van der Waals surface area (Å²) < 4.78 is 5.86. The molecule has 3 N–H and O–H groups in total. The summed E-state index contributed by atoms with van der Waals surface area (Å²) >= 11 is 0. The molecule has 1 atom stereocenters. The zero-order valence-electron chi connectivity index (χ0n) is 23.5. The molecule has 210 valence electrons. The zero-order valence-corrected chi connectivity index (χ0v) is 23.5. The number of unbranched alkanes of at least 4 members (excludes halogenated alkanes) is 5. The number of aromatic hydroxyl groups is 1. The van der Waals surface area contributed by atoms with Crippen LogP contribution in [-0.2, 0) is 16.1 Å². The van der Waals surface area contributed by atoms with Crippen LogP contribution in [0, 0.1) is 0 Å². The summed E-state index contributed by atoms with van der Waals surface area (Å²) in [4.78, 5) is 26.8. The molecule has 2 aromatic rings. The average molecular weight is 526 g/mol. The van der Waals surface area contributed by atoms with Crippen molar-refractivity contribution in [2.45, 2.75) is 91.1 Å². The van der Waals surface area contributed by atoms with Gasteiger partial charge in [-0.2, -0.15) is 0 Å². The minimum absolute atomic E-state index is 0.000739. The van der Waals surface area contributed by atoms with Crippen LogP contribution in [0.3, 0.4) is 0 Å². The van der Waals surface area contributed by atoms with E-state index in [1.54, 1.807) is 18.2 Å². The van der Waals surface area contributed by atoms with E-state index in [4.69, 9.17) is 4.74 Å². The van der Waals surface area contributed by atoms with Crippen molar-refractivity contribution in [3.63, 3.8) is 0 Å². The Balaban J connectivity index is 1.70. The normalized spacial score (nSPS) is 11.8. The summed E-state index contributed by atoms with van der Waals surface area (Å²) in [6.07, 6.45) is 8.67. The van der Waals surface area contributed by atoms with Crippen LogP contribution < -0.4 is 15.4 Å². The molecule has 0 radical (unpaired) electrons. The first-order valence-corrected chi connectivity index (χ1v) is 14.2. The van der Waals surface area contributed by atoms with Crippen molar-refractivity contribution in [3.05, 3.63) is 54.1 Å². The molecular formula is C31H47N3O4. The van der Waals surface area contributed by atoms with Crippen LogP contribution in [0.5, 0.6) is 11.5 Å². The largest absolute Gasteiger partial charge is 0.504 e. The van der Waals surface area contributed by atoms with Crippen molar-refractivity contribution in [1.29, 1.82) is 0 Å². The van der Waals surface area contributed by atoms with Crippen molar-refractivity contribution in [2.24, 2.45) is 0 Å². The number of anilines is 1. The number of hydrogen-bond acceptors (Lipinski definition) is 5. The minimum atomic E-state index is -0.000739. The first kappa shape index (κ1) is 31.2. The van der Waals surface area contributed by atoms with Crippen LogP contribution in [0.15, 0.2) is 48.5 Å². The predicted molar refractivity (Wildman–Crippen MR) is 154 cm³/mol. The molecule has 38 heavy (non-hydrogen) atoms. The fourth-order valence-electron chi connectivity index (χ4n) is 4.41. The van der Waals surface area contributed by atoms with Gasteiger partial charge in [0.25, 0.3) is 0 Å². The molecule has 7 heteroatoms. The molecule has 0 spiro atoms. The van der Waals surface area contributed by atoms with Crippen LogP contribution in [0.25, 0.3) is 0 Å². The molecule has 0 heterocycles. The monoisotopic (exact) mass is 525 g/mol. The summed E-state index contributed by atoms with van der Waals surface area (Å²) in [5.41, 5.74) is 1.70. The van der Waals surface area contributed by atoms with Crippen molar-refractivity contribution < 1.29 is 19.4 Å². The van der Waals surface area contributed by atoms with E-state index in [9.17, 15) is 14.7 Å². The number of para-hydroxylation sites is 1. The van der Waals surface area contributed by atoms with E-state index >= 15 is 0 Å². The summed E-state index contributed by atoms with van der Waals surface area (Å²) in [6, 6.07) is 14.8. The number of hydrogen-bond donors (Lipinski definition) is 3. The fraction of sp³-hybridized carbons (Fsp3) is 0.548. The number of carbonyl (C=O) groups is 2. The van der Waals surface area contributed by atoms with Gasteiger partial charge in [-0.1, -0.05) is 70.2 Å². The number of benzene rings is 2. The predicted octanol–water partition coefficient (Wildman–Crippen LogP) is 6.27. The molecule has 2 aromatic carbocycles. The maximum absolute atomic E-state index is 12.4. The van der Waals surface area contributed by atoms with Crippen molar-refractivity contribution in [2.75, 3.05) is 25.0 Å². The van der Waals surface area contributed by atoms with Crippen molar-refractivity contribution >= 4 is 17.5 Å². The lowest BCUT2D eigenvalue weighted by molar-refractivity contribution is -0.121. The third-order valence-corrected chi connectivity index (χ3v) is 6.69. The van der Waals surface area contributed by atoms with Gasteiger partial charge in [-0.3, -0.25) is 9.59 Å². The maximum atomic E-state index is 12.4. The van der Waals surface area contributed by atoms with Gasteiger partial charge in [0.2, 0.25) is 11.8 Å². The Morgan fingerprint density at radius 2 is 1.68 bits per heavy atom. The van der Waals surface area contributed by atoms with E-state index in [0.717, 1.165) is 43.6 Å². The van der Waals surface area contributed by atoms with Gasteiger partial charge >= 0.3 is 0 Å². The summed E-state index contributed by atoms with van der Waals surface area (Å²) in [7, 11) is 0. The zero-order chi connectivity index (χ0) is 27.6. The van der Waals surface area contributed by atoms with E-state index in [0.29, 0.717) is 31.7 Å². The number of phenols is 1. The highest BCUT2D eigenvalue weighted by atomic mass is 16.5. The van der Waals surface area contributed by atoms with Gasteiger partial charge in [-0.15, -0.1) is 0 Å². The molecule has 2 rings (SSSR count). The minimum Gasteiger partial charge on any atom is -0.504 e. The topological polar surface area (TPSA) is 90.9 Å². The van der Waals surface area contributed by atoms with Crippen molar-refractivity contribution in [3.8, 4) is 11.5 Å².